The molecule has 0 saturated carbocycles. The summed E-state index contributed by atoms with van der Waals surface area (Å²) in [6.07, 6.45) is 1.47. The summed E-state index contributed by atoms with van der Waals surface area (Å²) in [7, 11) is 4.37. The first-order valence-electron chi connectivity index (χ1n) is 9.80. The number of carbonyl (C=O) groups excluding carboxylic acids is 1. The van der Waals surface area contributed by atoms with E-state index < -0.39 is 5.97 Å². The fourth-order valence-electron chi connectivity index (χ4n) is 2.49. The van der Waals surface area contributed by atoms with Crippen molar-refractivity contribution in [2.45, 2.75) is 0 Å². The van der Waals surface area contributed by atoms with Crippen LogP contribution in [0.3, 0.4) is 0 Å². The summed E-state index contributed by atoms with van der Waals surface area (Å²) >= 11 is 11.3. The highest BCUT2D eigenvalue weighted by Crippen LogP contribution is 2.19. The molecule has 0 aliphatic carbocycles. The van der Waals surface area contributed by atoms with Gasteiger partial charge >= 0.3 is 5.97 Å². The zero-order valence-corrected chi connectivity index (χ0v) is 23.5. The molecule has 1 amide bonds. The van der Waals surface area contributed by atoms with Gasteiger partial charge in [-0.25, -0.2) is 15.3 Å². The Morgan fingerprint density at radius 1 is 0.889 bits per heavy atom. The molecule has 0 aliphatic heterocycles. The summed E-state index contributed by atoms with van der Waals surface area (Å²) in [4.78, 5) is 27.2. The molecule has 192 valence electrons. The van der Waals surface area contributed by atoms with E-state index in [1.54, 1.807) is 23.7 Å². The van der Waals surface area contributed by atoms with Crippen LogP contribution in [0.15, 0.2) is 57.5 Å². The molecule has 2 heterocycles. The second-order valence-corrected chi connectivity index (χ2v) is 8.21. The molecule has 0 aliphatic rings. The second kappa shape index (κ2) is 16.0. The van der Waals surface area contributed by atoms with Gasteiger partial charge in [0, 0.05) is 40.2 Å². The topological polar surface area (TPSA) is 151 Å². The number of hydrogen-bond acceptors (Lipinski definition) is 9. The molecule has 0 spiro atoms. The number of halogens is 3. The van der Waals surface area contributed by atoms with Gasteiger partial charge in [0.15, 0.2) is 11.4 Å². The molecule has 2 aromatic carbocycles. The normalized spacial score (nSPS) is 9.67. The maximum absolute atomic E-state index is 11.8. The molecule has 36 heavy (non-hydrogen) atoms. The maximum Gasteiger partial charge on any atom is 0.356 e. The lowest BCUT2D eigenvalue weighted by atomic mass is 10.2. The second-order valence-electron chi connectivity index (χ2n) is 6.38. The Morgan fingerprint density at radius 2 is 1.31 bits per heavy atom. The minimum Gasteiger partial charge on any atom is -0.476 e. The van der Waals surface area contributed by atoms with E-state index in [2.05, 4.69) is 63.9 Å². The van der Waals surface area contributed by atoms with Crippen LogP contribution in [0.2, 0.25) is 0 Å². The molecule has 11 nitrogen and oxygen atoms in total. The molecule has 4 aromatic rings. The van der Waals surface area contributed by atoms with E-state index in [0.29, 0.717) is 5.52 Å². The first-order valence-corrected chi connectivity index (χ1v) is 12.1. The predicted octanol–water partition coefficient (Wildman–Crippen LogP) is 4.57. The van der Waals surface area contributed by atoms with Gasteiger partial charge in [-0.2, -0.15) is 0 Å². The van der Waals surface area contributed by atoms with Crippen molar-refractivity contribution >= 4 is 77.1 Å². The number of amides is 1. The largest absolute Gasteiger partial charge is 0.476 e. The van der Waals surface area contributed by atoms with Crippen molar-refractivity contribution in [3.05, 3.63) is 68.9 Å². The van der Waals surface area contributed by atoms with Gasteiger partial charge in [0.25, 0.3) is 5.91 Å². The number of hydroxylamine groups is 3. The number of carboxylic acid groups (broad SMARTS) is 1. The quantitative estimate of drug-likeness (QED) is 0.213. The minimum absolute atomic E-state index is 0.0457. The summed E-state index contributed by atoms with van der Waals surface area (Å²) in [5, 5.41) is 33.9. The Labute approximate surface area is 228 Å². The maximum atomic E-state index is 11.8. The van der Waals surface area contributed by atoms with Crippen molar-refractivity contribution in [1.29, 1.82) is 0 Å². The molecule has 0 radical (unpaired) electrons. The average molecular weight is 647 g/mol. The SMILES string of the molecule is CCl.CNO.CON(C)C(=O)c1cc2cc(Br)ccc2nn1.O=C(O)c1cc2cc(Br)ccc2nn1. The zero-order valence-electron chi connectivity index (χ0n) is 19.6. The van der Waals surface area contributed by atoms with Gasteiger partial charge in [0.05, 0.1) is 18.1 Å². The number of alkyl halides is 1. The van der Waals surface area contributed by atoms with Crippen LogP contribution in [0.4, 0.5) is 0 Å². The van der Waals surface area contributed by atoms with Gasteiger partial charge in [-0.1, -0.05) is 31.9 Å². The first kappa shape index (κ1) is 31.2. The van der Waals surface area contributed by atoms with Crippen LogP contribution < -0.4 is 5.48 Å². The van der Waals surface area contributed by atoms with Crippen LogP contribution in [0.25, 0.3) is 21.8 Å². The van der Waals surface area contributed by atoms with E-state index in [9.17, 15) is 9.59 Å². The number of hydrogen-bond donors (Lipinski definition) is 3. The number of aromatic carboxylic acids is 1. The highest BCUT2D eigenvalue weighted by atomic mass is 79.9. The van der Waals surface area contributed by atoms with E-state index in [0.717, 1.165) is 30.3 Å². The monoisotopic (exact) mass is 644 g/mol. The Bertz CT molecular complexity index is 1310. The summed E-state index contributed by atoms with van der Waals surface area (Å²) in [6.45, 7) is 0. The molecule has 4 rings (SSSR count). The first-order chi connectivity index (χ1) is 17.2. The number of carboxylic acids is 1. The number of rotatable bonds is 3. The summed E-state index contributed by atoms with van der Waals surface area (Å²) in [5.74, 6) is -1.40. The Kier molecular flexibility index (Phi) is 13.9. The lowest BCUT2D eigenvalue weighted by Gasteiger charge is -2.12. The minimum atomic E-state index is -1.07. The number of nitrogens with one attached hydrogen (secondary N) is 1. The summed E-state index contributed by atoms with van der Waals surface area (Å²) in [6, 6.07) is 14.2. The Balaban J connectivity index is 0.000000309. The van der Waals surface area contributed by atoms with Crippen molar-refractivity contribution in [3.8, 4) is 0 Å². The molecule has 0 fully saturated rings. The number of benzene rings is 2. The summed E-state index contributed by atoms with van der Waals surface area (Å²) in [5.41, 5.74) is 3.37. The van der Waals surface area contributed by atoms with Gasteiger partial charge in [-0.15, -0.1) is 32.0 Å². The predicted molar refractivity (Wildman–Crippen MR) is 143 cm³/mol. The molecule has 2 aromatic heterocycles. The van der Waals surface area contributed by atoms with E-state index in [4.69, 9.17) is 15.2 Å². The molecular formula is C22H23Br2ClN6O5. The van der Waals surface area contributed by atoms with Gasteiger partial charge in [-0.05, 0) is 48.5 Å². The number of carbonyl (C=O) groups is 2. The molecule has 0 bridgehead atoms. The van der Waals surface area contributed by atoms with Crippen LogP contribution in [0.5, 0.6) is 0 Å². The van der Waals surface area contributed by atoms with Crippen molar-refractivity contribution in [1.82, 2.24) is 30.9 Å². The van der Waals surface area contributed by atoms with E-state index in [-0.39, 0.29) is 17.3 Å². The molecule has 3 N–H and O–H groups in total. The third-order valence-electron chi connectivity index (χ3n) is 4.09. The highest BCUT2D eigenvalue weighted by molar-refractivity contribution is 9.10. The lowest BCUT2D eigenvalue weighted by molar-refractivity contribution is -0.0761. The van der Waals surface area contributed by atoms with Crippen molar-refractivity contribution in [2.75, 3.05) is 27.6 Å². The summed E-state index contributed by atoms with van der Waals surface area (Å²) < 4.78 is 1.81. The van der Waals surface area contributed by atoms with Crippen LogP contribution in [0, 0.1) is 0 Å². The molecule has 0 saturated heterocycles. The highest BCUT2D eigenvalue weighted by Gasteiger charge is 2.14. The van der Waals surface area contributed by atoms with Crippen LogP contribution in [0.1, 0.15) is 21.0 Å². The van der Waals surface area contributed by atoms with Gasteiger partial charge < -0.3 is 10.3 Å². The molecule has 14 heteroatoms. The standard InChI is InChI=1S/C11H10BrN3O2.C9H5BrN2O2.CH3Cl.CH5NO/c1-15(17-2)11(16)10-6-7-5-8(12)3-4-9(7)13-14-10;10-6-1-2-7-5(3-6)4-8(9(13)14)12-11-7;1-2;1-2-3/h3-6H,1-2H3;1-4H,(H,13,14);1H3;2-3H,1H3. The van der Waals surface area contributed by atoms with Gasteiger partial charge in [0.2, 0.25) is 0 Å². The Hall–Kier alpha value is -2.81. The fraction of sp³-hybridized carbons (Fsp3) is 0.182. The van der Waals surface area contributed by atoms with E-state index >= 15 is 0 Å². The van der Waals surface area contributed by atoms with Crippen molar-refractivity contribution in [2.24, 2.45) is 0 Å². The van der Waals surface area contributed by atoms with Crippen molar-refractivity contribution in [3.63, 3.8) is 0 Å². The smallest absolute Gasteiger partial charge is 0.356 e. The Morgan fingerprint density at radius 3 is 1.72 bits per heavy atom. The fourth-order valence-corrected chi connectivity index (χ4v) is 3.24. The number of nitrogens with zero attached hydrogens (tertiary/aromatic N) is 5. The molecular weight excluding hydrogens is 624 g/mol. The van der Waals surface area contributed by atoms with Crippen LogP contribution in [-0.2, 0) is 4.84 Å². The third-order valence-corrected chi connectivity index (χ3v) is 5.08. The van der Waals surface area contributed by atoms with Gasteiger partial charge in [-0.3, -0.25) is 9.63 Å². The lowest BCUT2D eigenvalue weighted by Crippen LogP contribution is -2.26. The third kappa shape index (κ3) is 9.33. The average Bonchev–Trinajstić information content (AvgIpc) is 2.88. The number of fused-ring (bicyclic) bond motifs is 2. The molecule has 0 unspecified atom stereocenters. The van der Waals surface area contributed by atoms with Gasteiger partial charge in [0.1, 0.15) is 0 Å². The van der Waals surface area contributed by atoms with Crippen molar-refractivity contribution < 1.29 is 24.7 Å². The van der Waals surface area contributed by atoms with Crippen LogP contribution >= 0.6 is 43.5 Å². The van der Waals surface area contributed by atoms with E-state index in [1.165, 1.54) is 33.7 Å². The van der Waals surface area contributed by atoms with Crippen LogP contribution in [-0.4, -0.2) is 75.2 Å². The van der Waals surface area contributed by atoms with E-state index in [1.807, 2.05) is 24.3 Å². The molecule has 0 atom stereocenters. The number of aromatic nitrogens is 4. The zero-order chi connectivity index (χ0) is 27.3.